The minimum atomic E-state index is -0.206. The molecule has 0 heterocycles. The standard InChI is InChI=1S/C15H19FN2.C10H12.C8H18.C2H6/c1-5-7-15(17-12(4)6-2)18-13-8-9-14(16)11(3)10-13;1-8(2)10-6-4-9(3)5-7-10;1-4-6-8(3)7-5-2;1-2/h5,7-10,18H,1,6H2,2-4H3;4-7H,1H2,2-3H3;8H,4-7H2,1-3H3;1-2H3/b15-7+,17-12-;;;. The van der Waals surface area contributed by atoms with E-state index in [4.69, 9.17) is 0 Å². The fourth-order valence-corrected chi connectivity index (χ4v) is 3.34. The lowest BCUT2D eigenvalue weighted by molar-refractivity contribution is 0.480. The highest BCUT2D eigenvalue weighted by Gasteiger charge is 2.01. The molecular weight excluding hydrogens is 467 g/mol. The molecule has 0 atom stereocenters. The largest absolute Gasteiger partial charge is 0.340 e. The monoisotopic (exact) mass is 522 g/mol. The molecule has 212 valence electrons. The van der Waals surface area contributed by atoms with Crippen LogP contribution in [0.25, 0.3) is 5.57 Å². The molecule has 0 saturated carbocycles. The van der Waals surface area contributed by atoms with Gasteiger partial charge in [-0.05, 0) is 75.4 Å². The number of hydrogen-bond acceptors (Lipinski definition) is 2. The summed E-state index contributed by atoms with van der Waals surface area (Å²) in [5.41, 5.74) is 6.09. The van der Waals surface area contributed by atoms with Crippen LogP contribution in [0.2, 0.25) is 0 Å². The average Bonchev–Trinajstić information content (AvgIpc) is 2.89. The van der Waals surface area contributed by atoms with Gasteiger partial charge in [-0.2, -0.15) is 0 Å². The molecule has 0 unspecified atom stereocenters. The summed E-state index contributed by atoms with van der Waals surface area (Å²) >= 11 is 0. The molecule has 0 amide bonds. The van der Waals surface area contributed by atoms with Gasteiger partial charge in [0.25, 0.3) is 0 Å². The molecular formula is C35H55FN2. The van der Waals surface area contributed by atoms with Crippen LogP contribution in [0.4, 0.5) is 10.1 Å². The van der Waals surface area contributed by atoms with Gasteiger partial charge in [0.15, 0.2) is 0 Å². The molecule has 3 heteroatoms. The molecule has 0 aliphatic heterocycles. The SMILES string of the molecule is C=C(C)c1ccc(C)cc1.C=C/C=C(\N=C(\C)CC)Nc1ccc(F)c(C)c1.CC.CCCC(C)CCC. The number of aliphatic imine (C=N–C) groups is 1. The maximum Gasteiger partial charge on any atom is 0.130 e. The van der Waals surface area contributed by atoms with Crippen LogP contribution in [0.1, 0.15) is 104 Å². The fourth-order valence-electron chi connectivity index (χ4n) is 3.34. The van der Waals surface area contributed by atoms with Crippen molar-refractivity contribution in [3.8, 4) is 0 Å². The maximum atomic E-state index is 13.2. The predicted molar refractivity (Wildman–Crippen MR) is 173 cm³/mol. The van der Waals surface area contributed by atoms with Crippen LogP contribution in [0, 0.1) is 25.6 Å². The summed E-state index contributed by atoms with van der Waals surface area (Å²) in [5, 5.41) is 3.15. The smallest absolute Gasteiger partial charge is 0.130 e. The van der Waals surface area contributed by atoms with Crippen LogP contribution in [-0.4, -0.2) is 5.71 Å². The van der Waals surface area contributed by atoms with Gasteiger partial charge in [0.2, 0.25) is 0 Å². The van der Waals surface area contributed by atoms with E-state index >= 15 is 0 Å². The van der Waals surface area contributed by atoms with Crippen molar-refractivity contribution in [1.82, 2.24) is 0 Å². The van der Waals surface area contributed by atoms with Crippen molar-refractivity contribution in [1.29, 1.82) is 0 Å². The number of halogens is 1. The van der Waals surface area contributed by atoms with Crippen LogP contribution in [0.3, 0.4) is 0 Å². The second-order valence-electron chi connectivity index (χ2n) is 9.41. The van der Waals surface area contributed by atoms with E-state index in [1.54, 1.807) is 31.2 Å². The highest BCUT2D eigenvalue weighted by Crippen LogP contribution is 2.16. The van der Waals surface area contributed by atoms with Gasteiger partial charge >= 0.3 is 0 Å². The molecule has 38 heavy (non-hydrogen) atoms. The van der Waals surface area contributed by atoms with Crippen LogP contribution in [-0.2, 0) is 0 Å². The van der Waals surface area contributed by atoms with Crippen LogP contribution >= 0.6 is 0 Å². The Kier molecular flexibility index (Phi) is 22.7. The third-order valence-electron chi connectivity index (χ3n) is 5.64. The number of benzene rings is 2. The lowest BCUT2D eigenvalue weighted by atomic mass is 10.0. The minimum absolute atomic E-state index is 0.206. The number of allylic oxidation sites excluding steroid dienone is 3. The number of hydrogen-bond donors (Lipinski definition) is 1. The Bertz CT molecular complexity index is 962. The van der Waals surface area contributed by atoms with Crippen molar-refractivity contribution < 1.29 is 4.39 Å². The average molecular weight is 523 g/mol. The van der Waals surface area contributed by atoms with Crippen molar-refractivity contribution >= 4 is 17.0 Å². The third kappa shape index (κ3) is 18.3. The van der Waals surface area contributed by atoms with E-state index in [-0.39, 0.29) is 5.82 Å². The Morgan fingerprint density at radius 2 is 1.53 bits per heavy atom. The summed E-state index contributed by atoms with van der Waals surface area (Å²) in [6.07, 6.45) is 9.87. The number of nitrogens with one attached hydrogen (secondary N) is 1. The molecule has 0 aromatic heterocycles. The number of rotatable bonds is 10. The molecule has 0 saturated heterocycles. The lowest BCUT2D eigenvalue weighted by Gasteiger charge is -2.08. The Labute approximate surface area is 234 Å². The zero-order chi connectivity index (χ0) is 29.5. The third-order valence-corrected chi connectivity index (χ3v) is 5.64. The van der Waals surface area contributed by atoms with Crippen LogP contribution in [0.15, 0.2) is 78.6 Å². The molecule has 0 bridgehead atoms. The van der Waals surface area contributed by atoms with Gasteiger partial charge in [-0.3, -0.25) is 0 Å². The first-order valence-corrected chi connectivity index (χ1v) is 14.2. The summed E-state index contributed by atoms with van der Waals surface area (Å²) < 4.78 is 13.2. The zero-order valence-corrected chi connectivity index (χ0v) is 26.0. The molecule has 2 rings (SSSR count). The van der Waals surface area contributed by atoms with Gasteiger partial charge < -0.3 is 5.32 Å². The maximum absolute atomic E-state index is 13.2. The summed E-state index contributed by atoms with van der Waals surface area (Å²) in [4.78, 5) is 4.43. The van der Waals surface area contributed by atoms with Crippen molar-refractivity contribution in [2.75, 3.05) is 5.32 Å². The predicted octanol–water partition coefficient (Wildman–Crippen LogP) is 11.7. The first-order chi connectivity index (χ1) is 18.1. The second kappa shape index (κ2) is 23.2. The highest BCUT2D eigenvalue weighted by atomic mass is 19.1. The van der Waals surface area contributed by atoms with Gasteiger partial charge in [-0.1, -0.05) is 122 Å². The van der Waals surface area contributed by atoms with Crippen molar-refractivity contribution in [2.45, 2.75) is 101 Å². The molecule has 0 fully saturated rings. The Morgan fingerprint density at radius 1 is 0.974 bits per heavy atom. The van der Waals surface area contributed by atoms with E-state index in [0.717, 1.165) is 29.3 Å². The Hall–Kier alpha value is -2.94. The Balaban J connectivity index is 0. The number of nitrogens with zero attached hydrogens (tertiary/aromatic N) is 1. The summed E-state index contributed by atoms with van der Waals surface area (Å²) in [6, 6.07) is 13.3. The molecule has 0 aliphatic carbocycles. The van der Waals surface area contributed by atoms with Crippen molar-refractivity contribution in [2.24, 2.45) is 10.9 Å². The van der Waals surface area contributed by atoms with E-state index in [1.807, 2.05) is 34.6 Å². The summed E-state index contributed by atoms with van der Waals surface area (Å²) in [6.45, 7) is 28.2. The first kappa shape index (κ1) is 37.2. The summed E-state index contributed by atoms with van der Waals surface area (Å²) in [7, 11) is 0. The second-order valence-corrected chi connectivity index (χ2v) is 9.41. The van der Waals surface area contributed by atoms with Gasteiger partial charge in [0.1, 0.15) is 11.6 Å². The van der Waals surface area contributed by atoms with Gasteiger partial charge in [0, 0.05) is 11.4 Å². The van der Waals surface area contributed by atoms with Gasteiger partial charge in [0.05, 0.1) is 0 Å². The Morgan fingerprint density at radius 3 is 1.95 bits per heavy atom. The fraction of sp³-hybridized carbons (Fsp3) is 0.457. The first-order valence-electron chi connectivity index (χ1n) is 14.2. The number of aryl methyl sites for hydroxylation is 2. The molecule has 2 nitrogen and oxygen atoms in total. The topological polar surface area (TPSA) is 24.4 Å². The molecule has 2 aromatic carbocycles. The molecule has 2 aromatic rings. The van der Waals surface area contributed by atoms with E-state index in [1.165, 1.54) is 42.9 Å². The van der Waals surface area contributed by atoms with Gasteiger partial charge in [-0.25, -0.2) is 9.38 Å². The molecule has 0 spiro atoms. The van der Waals surface area contributed by atoms with Gasteiger partial charge in [-0.15, -0.1) is 0 Å². The van der Waals surface area contributed by atoms with Crippen LogP contribution < -0.4 is 5.32 Å². The van der Waals surface area contributed by atoms with E-state index in [9.17, 15) is 4.39 Å². The molecule has 0 aliphatic rings. The highest BCUT2D eigenvalue weighted by molar-refractivity contribution is 5.83. The molecule has 0 radical (unpaired) electrons. The lowest BCUT2D eigenvalue weighted by Crippen LogP contribution is -2.00. The zero-order valence-electron chi connectivity index (χ0n) is 26.0. The normalized spacial score (nSPS) is 10.7. The van der Waals surface area contributed by atoms with E-state index < -0.39 is 0 Å². The van der Waals surface area contributed by atoms with E-state index in [2.05, 4.69) is 75.4 Å². The van der Waals surface area contributed by atoms with E-state index in [0.29, 0.717) is 11.4 Å². The van der Waals surface area contributed by atoms with Crippen molar-refractivity contribution in [3.05, 3.63) is 96.1 Å². The van der Waals surface area contributed by atoms with Crippen LogP contribution in [0.5, 0.6) is 0 Å². The summed E-state index contributed by atoms with van der Waals surface area (Å²) in [5.74, 6) is 1.46. The number of anilines is 1. The minimum Gasteiger partial charge on any atom is -0.340 e. The van der Waals surface area contributed by atoms with Crippen molar-refractivity contribution in [3.63, 3.8) is 0 Å². The quantitative estimate of drug-likeness (QED) is 0.243. The molecule has 1 N–H and O–H groups in total.